The summed E-state index contributed by atoms with van der Waals surface area (Å²) in [5, 5.41) is 15.0. The van der Waals surface area contributed by atoms with Gasteiger partial charge < -0.3 is 0 Å². The lowest BCUT2D eigenvalue weighted by atomic mass is 10.2. The smallest absolute Gasteiger partial charge is 0.237 e. The molecule has 0 fully saturated rings. The quantitative estimate of drug-likeness (QED) is 0.324. The summed E-state index contributed by atoms with van der Waals surface area (Å²) in [6.45, 7) is 4.02. The topological polar surface area (TPSA) is 90.1 Å². The van der Waals surface area contributed by atoms with Crippen molar-refractivity contribution in [2.24, 2.45) is 5.10 Å². The molecule has 2 heterocycles. The molecule has 0 amide bonds. The number of aromatic nitrogens is 4. The van der Waals surface area contributed by atoms with Crippen molar-refractivity contribution in [1.82, 2.24) is 19.9 Å². The Morgan fingerprint density at radius 1 is 1.12 bits per heavy atom. The van der Waals surface area contributed by atoms with Gasteiger partial charge in [0, 0.05) is 10.4 Å². The van der Waals surface area contributed by atoms with Crippen LogP contribution in [0.3, 0.4) is 0 Å². The molecule has 0 spiro atoms. The molecule has 0 unspecified atom stereocenters. The SMILES string of the molecule is CC(C)c1csc(-c2nnc(S(=O)(=O)Cc3ccc(Cl)cc3)n2/N=C/c2ccc(F)cc2)n1. The van der Waals surface area contributed by atoms with Crippen LogP contribution in [0.5, 0.6) is 0 Å². The van der Waals surface area contributed by atoms with Gasteiger partial charge in [0.25, 0.3) is 5.16 Å². The molecule has 170 valence electrons. The van der Waals surface area contributed by atoms with Crippen LogP contribution in [-0.4, -0.2) is 34.5 Å². The minimum atomic E-state index is -3.92. The van der Waals surface area contributed by atoms with Crippen LogP contribution in [0.1, 0.15) is 36.6 Å². The van der Waals surface area contributed by atoms with Crippen LogP contribution in [-0.2, 0) is 15.6 Å². The minimum absolute atomic E-state index is 0.196. The highest BCUT2D eigenvalue weighted by molar-refractivity contribution is 7.90. The Morgan fingerprint density at radius 3 is 2.45 bits per heavy atom. The van der Waals surface area contributed by atoms with Crippen molar-refractivity contribution < 1.29 is 12.8 Å². The van der Waals surface area contributed by atoms with E-state index >= 15 is 0 Å². The van der Waals surface area contributed by atoms with Crippen LogP contribution < -0.4 is 0 Å². The molecule has 33 heavy (non-hydrogen) atoms. The molecule has 2 aromatic heterocycles. The standard InChI is InChI=1S/C22H19ClFN5O2S2/c1-14(2)19-12-32-21(26-19)20-27-28-22(29(20)25-11-15-5-9-18(24)10-6-15)33(30,31)13-16-3-7-17(23)8-4-16/h3-12,14H,13H2,1-2H3/b25-11+. The Balaban J connectivity index is 1.78. The fraction of sp³-hybridized carbons (Fsp3) is 0.182. The van der Waals surface area contributed by atoms with E-state index < -0.39 is 9.84 Å². The highest BCUT2D eigenvalue weighted by atomic mass is 35.5. The largest absolute Gasteiger partial charge is 0.271 e. The van der Waals surface area contributed by atoms with Crippen molar-refractivity contribution in [2.75, 3.05) is 0 Å². The van der Waals surface area contributed by atoms with Crippen LogP contribution >= 0.6 is 22.9 Å². The van der Waals surface area contributed by atoms with Gasteiger partial charge in [0.05, 0.1) is 17.7 Å². The van der Waals surface area contributed by atoms with E-state index in [-0.39, 0.29) is 28.5 Å². The predicted molar refractivity (Wildman–Crippen MR) is 127 cm³/mol. The summed E-state index contributed by atoms with van der Waals surface area (Å²) in [7, 11) is -3.92. The first-order chi connectivity index (χ1) is 15.7. The number of thiazole rings is 1. The molecule has 2 aromatic carbocycles. The van der Waals surface area contributed by atoms with Crippen LogP contribution in [0.25, 0.3) is 10.8 Å². The predicted octanol–water partition coefficient (Wildman–Crippen LogP) is 5.17. The van der Waals surface area contributed by atoms with Gasteiger partial charge in [-0.15, -0.1) is 21.5 Å². The average Bonchev–Trinajstić information content (AvgIpc) is 3.42. The highest BCUT2D eigenvalue weighted by Crippen LogP contribution is 2.28. The number of hydrogen-bond donors (Lipinski definition) is 0. The fourth-order valence-electron chi connectivity index (χ4n) is 2.89. The number of hydrogen-bond acceptors (Lipinski definition) is 7. The van der Waals surface area contributed by atoms with Gasteiger partial charge >= 0.3 is 0 Å². The van der Waals surface area contributed by atoms with Gasteiger partial charge in [-0.3, -0.25) is 0 Å². The monoisotopic (exact) mass is 503 g/mol. The van der Waals surface area contributed by atoms with Crippen molar-refractivity contribution >= 4 is 39.0 Å². The second-order valence-corrected chi connectivity index (χ2v) is 10.7. The Kier molecular flexibility index (Phi) is 6.68. The zero-order chi connectivity index (χ0) is 23.6. The van der Waals surface area contributed by atoms with Crippen LogP contribution in [0, 0.1) is 5.82 Å². The first-order valence-corrected chi connectivity index (χ1v) is 12.8. The van der Waals surface area contributed by atoms with Crippen molar-refractivity contribution in [3.63, 3.8) is 0 Å². The van der Waals surface area contributed by atoms with Crippen molar-refractivity contribution in [3.05, 3.63) is 81.6 Å². The normalized spacial score (nSPS) is 12.2. The summed E-state index contributed by atoms with van der Waals surface area (Å²) in [6.07, 6.45) is 1.42. The summed E-state index contributed by atoms with van der Waals surface area (Å²) >= 11 is 7.24. The molecule has 0 saturated heterocycles. The second kappa shape index (κ2) is 9.50. The third-order valence-corrected chi connectivity index (χ3v) is 7.29. The number of sulfone groups is 1. The van der Waals surface area contributed by atoms with E-state index in [1.165, 1.54) is 41.8 Å². The molecule has 0 atom stereocenters. The maximum atomic E-state index is 13.2. The fourth-order valence-corrected chi connectivity index (χ4v) is 5.29. The number of nitrogens with zero attached hydrogens (tertiary/aromatic N) is 5. The van der Waals surface area contributed by atoms with E-state index in [0.717, 1.165) is 10.4 Å². The molecule has 0 aliphatic carbocycles. The zero-order valence-electron chi connectivity index (χ0n) is 17.7. The number of rotatable bonds is 7. The minimum Gasteiger partial charge on any atom is -0.237 e. The second-order valence-electron chi connectivity index (χ2n) is 7.53. The summed E-state index contributed by atoms with van der Waals surface area (Å²) in [4.78, 5) is 4.56. The molecule has 4 rings (SSSR count). The van der Waals surface area contributed by atoms with Gasteiger partial charge in [-0.25, -0.2) is 17.8 Å². The third kappa shape index (κ3) is 5.35. The zero-order valence-corrected chi connectivity index (χ0v) is 20.1. The lowest BCUT2D eigenvalue weighted by molar-refractivity contribution is 0.576. The number of benzene rings is 2. The van der Waals surface area contributed by atoms with Gasteiger partial charge in [0.1, 0.15) is 5.82 Å². The molecule has 0 aliphatic heterocycles. The lowest BCUT2D eigenvalue weighted by Crippen LogP contribution is -2.12. The summed E-state index contributed by atoms with van der Waals surface area (Å²) < 4.78 is 40.9. The van der Waals surface area contributed by atoms with E-state index in [1.807, 2.05) is 19.2 Å². The van der Waals surface area contributed by atoms with E-state index in [0.29, 0.717) is 21.2 Å². The summed E-state index contributed by atoms with van der Waals surface area (Å²) in [5.74, 6) is -0.279. The summed E-state index contributed by atoms with van der Waals surface area (Å²) in [6, 6.07) is 12.2. The molecule has 0 saturated carbocycles. The molecule has 0 bridgehead atoms. The number of halogens is 2. The first kappa shape index (κ1) is 23.2. The van der Waals surface area contributed by atoms with Gasteiger partial charge in [-0.1, -0.05) is 49.7 Å². The molecule has 0 aliphatic rings. The van der Waals surface area contributed by atoms with Crippen molar-refractivity contribution in [2.45, 2.75) is 30.7 Å². The molecule has 4 aromatic rings. The Hall–Kier alpha value is -2.95. The molecule has 7 nitrogen and oxygen atoms in total. The van der Waals surface area contributed by atoms with Crippen LogP contribution in [0.4, 0.5) is 4.39 Å². The Bertz CT molecular complexity index is 1400. The van der Waals surface area contributed by atoms with Gasteiger partial charge in [-0.2, -0.15) is 9.78 Å². The van der Waals surface area contributed by atoms with Crippen LogP contribution in [0.2, 0.25) is 5.02 Å². The molecule has 0 radical (unpaired) electrons. The third-order valence-electron chi connectivity index (χ3n) is 4.66. The molecule has 0 N–H and O–H groups in total. The average molecular weight is 504 g/mol. The van der Waals surface area contributed by atoms with Gasteiger partial charge in [-0.05, 0) is 41.3 Å². The van der Waals surface area contributed by atoms with Gasteiger partial charge in [0.15, 0.2) is 5.01 Å². The van der Waals surface area contributed by atoms with Crippen molar-refractivity contribution in [3.8, 4) is 10.8 Å². The molecule has 11 heteroatoms. The van der Waals surface area contributed by atoms with E-state index in [2.05, 4.69) is 20.3 Å². The maximum absolute atomic E-state index is 13.2. The lowest BCUT2D eigenvalue weighted by Gasteiger charge is -2.06. The Labute approximate surface area is 199 Å². The van der Waals surface area contributed by atoms with Gasteiger partial charge in [0.2, 0.25) is 15.7 Å². The van der Waals surface area contributed by atoms with Crippen LogP contribution in [0.15, 0.2) is 64.2 Å². The van der Waals surface area contributed by atoms with Crippen molar-refractivity contribution in [1.29, 1.82) is 0 Å². The molecular weight excluding hydrogens is 485 g/mol. The first-order valence-electron chi connectivity index (χ1n) is 9.91. The van der Waals surface area contributed by atoms with E-state index in [9.17, 15) is 12.8 Å². The van der Waals surface area contributed by atoms with E-state index in [1.54, 1.807) is 24.3 Å². The molecular formula is C22H19ClFN5O2S2. The Morgan fingerprint density at radius 2 is 1.82 bits per heavy atom. The van der Waals surface area contributed by atoms with E-state index in [4.69, 9.17) is 11.6 Å². The summed E-state index contributed by atoms with van der Waals surface area (Å²) in [5.41, 5.74) is 1.99. The maximum Gasteiger partial charge on any atom is 0.271 e. The highest BCUT2D eigenvalue weighted by Gasteiger charge is 2.27.